The maximum atomic E-state index is 12.8. The van der Waals surface area contributed by atoms with Crippen molar-refractivity contribution in [2.24, 2.45) is 0 Å². The van der Waals surface area contributed by atoms with E-state index in [4.69, 9.17) is 4.74 Å². The Morgan fingerprint density at radius 2 is 1.96 bits per heavy atom. The van der Waals surface area contributed by atoms with Gasteiger partial charge in [-0.3, -0.25) is 9.69 Å². The molecule has 0 bridgehead atoms. The Morgan fingerprint density at radius 3 is 2.57 bits per heavy atom. The smallest absolute Gasteiger partial charge is 0.322 e. The summed E-state index contributed by atoms with van der Waals surface area (Å²) >= 11 is 3.29. The van der Waals surface area contributed by atoms with Gasteiger partial charge in [0, 0.05) is 11.3 Å². The van der Waals surface area contributed by atoms with Gasteiger partial charge in [-0.2, -0.15) is 0 Å². The molecule has 7 heteroatoms. The molecule has 146 valence electrons. The van der Waals surface area contributed by atoms with Gasteiger partial charge in [-0.15, -0.1) is 0 Å². The Hall–Kier alpha value is -2.80. The van der Waals surface area contributed by atoms with Crippen LogP contribution in [-0.2, 0) is 11.3 Å². The highest BCUT2D eigenvalue weighted by atomic mass is 79.9. The summed E-state index contributed by atoms with van der Waals surface area (Å²) in [5, 5.41) is 13.0. The molecule has 1 aliphatic rings. The molecule has 2 amide bonds. The molecule has 2 aromatic rings. The van der Waals surface area contributed by atoms with Crippen LogP contribution in [0.5, 0.6) is 11.5 Å². The molecule has 1 unspecified atom stereocenters. The van der Waals surface area contributed by atoms with Crippen LogP contribution in [0.2, 0.25) is 0 Å². The number of hydrogen-bond donors (Lipinski definition) is 2. The van der Waals surface area contributed by atoms with Crippen molar-refractivity contribution >= 4 is 27.7 Å². The number of nitrogens with zero attached hydrogens (tertiary/aromatic N) is 1. The summed E-state index contributed by atoms with van der Waals surface area (Å²) in [6.45, 7) is 3.62. The molecular formula is C21H21BrN2O4. The van der Waals surface area contributed by atoms with Gasteiger partial charge in [0.2, 0.25) is 0 Å². The third-order valence-electron chi connectivity index (χ3n) is 4.76. The van der Waals surface area contributed by atoms with E-state index in [-0.39, 0.29) is 23.3 Å². The first-order chi connectivity index (χ1) is 13.3. The molecule has 28 heavy (non-hydrogen) atoms. The van der Waals surface area contributed by atoms with Gasteiger partial charge in [0.15, 0.2) is 17.3 Å². The van der Waals surface area contributed by atoms with Crippen molar-refractivity contribution in [3.8, 4) is 11.5 Å². The lowest BCUT2D eigenvalue weighted by molar-refractivity contribution is -0.114. The van der Waals surface area contributed by atoms with Gasteiger partial charge in [-0.05, 0) is 53.0 Å². The highest BCUT2D eigenvalue weighted by molar-refractivity contribution is 9.10. The van der Waals surface area contributed by atoms with Crippen molar-refractivity contribution in [1.82, 2.24) is 10.2 Å². The number of carbonyl (C=O) groups excluding carboxylic acids is 2. The number of urea groups is 1. The fraction of sp³-hybridized carbons (Fsp3) is 0.238. The summed E-state index contributed by atoms with van der Waals surface area (Å²) in [5.74, 6) is 0.0822. The third kappa shape index (κ3) is 3.75. The number of phenolic OH excluding ortho intramolecular Hbond substituents is 1. The predicted molar refractivity (Wildman–Crippen MR) is 109 cm³/mol. The molecule has 3 rings (SSSR count). The summed E-state index contributed by atoms with van der Waals surface area (Å²) in [4.78, 5) is 26.9. The van der Waals surface area contributed by atoms with E-state index in [1.54, 1.807) is 24.0 Å². The van der Waals surface area contributed by atoms with Crippen LogP contribution in [0.25, 0.3) is 0 Å². The van der Waals surface area contributed by atoms with Gasteiger partial charge in [-0.1, -0.05) is 30.3 Å². The van der Waals surface area contributed by atoms with E-state index in [0.717, 1.165) is 5.56 Å². The zero-order valence-corrected chi connectivity index (χ0v) is 17.4. The van der Waals surface area contributed by atoms with Crippen molar-refractivity contribution in [1.29, 1.82) is 0 Å². The number of halogens is 1. The number of nitrogens with one attached hydrogen (secondary N) is 1. The fourth-order valence-corrected chi connectivity index (χ4v) is 3.82. The lowest BCUT2D eigenvalue weighted by Gasteiger charge is -2.35. The fourth-order valence-electron chi connectivity index (χ4n) is 3.36. The topological polar surface area (TPSA) is 78.9 Å². The number of Topliss-reactive ketones (excluding diaryl/α,β-unsaturated/α-hetero) is 1. The van der Waals surface area contributed by atoms with Crippen LogP contribution in [0.3, 0.4) is 0 Å². The summed E-state index contributed by atoms with van der Waals surface area (Å²) in [6, 6.07) is 12.0. The Kier molecular flexibility index (Phi) is 5.74. The molecule has 0 saturated heterocycles. The Morgan fingerprint density at radius 1 is 1.29 bits per heavy atom. The van der Waals surface area contributed by atoms with Crippen LogP contribution in [0.4, 0.5) is 4.79 Å². The summed E-state index contributed by atoms with van der Waals surface area (Å²) < 4.78 is 5.62. The van der Waals surface area contributed by atoms with Gasteiger partial charge >= 0.3 is 6.03 Å². The SMILES string of the molecule is COc1cc(C2NC(=O)N(Cc3ccccc3)C(C)=C2C(C)=O)cc(Br)c1O. The molecule has 0 aromatic heterocycles. The van der Waals surface area contributed by atoms with Gasteiger partial charge in [0.05, 0.1) is 24.2 Å². The van der Waals surface area contributed by atoms with Gasteiger partial charge in [0.1, 0.15) is 0 Å². The summed E-state index contributed by atoms with van der Waals surface area (Å²) in [5.41, 5.74) is 2.70. The van der Waals surface area contributed by atoms with Crippen molar-refractivity contribution in [2.75, 3.05) is 7.11 Å². The predicted octanol–water partition coefficient (Wildman–Crippen LogP) is 4.29. The molecule has 2 aromatic carbocycles. The third-order valence-corrected chi connectivity index (χ3v) is 5.37. The number of ether oxygens (including phenoxy) is 1. The number of rotatable bonds is 5. The van der Waals surface area contributed by atoms with Crippen LogP contribution in [0.15, 0.2) is 58.2 Å². The molecule has 1 atom stereocenters. The van der Waals surface area contributed by atoms with E-state index < -0.39 is 6.04 Å². The number of ketones is 1. The van der Waals surface area contributed by atoms with E-state index >= 15 is 0 Å². The van der Waals surface area contributed by atoms with E-state index in [1.807, 2.05) is 30.3 Å². The molecule has 0 aliphatic carbocycles. The van der Waals surface area contributed by atoms with E-state index in [9.17, 15) is 14.7 Å². The second-order valence-electron chi connectivity index (χ2n) is 6.56. The standard InChI is InChI=1S/C21H21BrN2O4/c1-12-18(13(2)25)19(15-9-16(22)20(26)17(10-15)28-3)23-21(27)24(12)11-14-7-5-4-6-8-14/h4-10,19,26H,11H2,1-3H3,(H,23,27). The number of methoxy groups -OCH3 is 1. The van der Waals surface area contributed by atoms with Gasteiger partial charge in [0.25, 0.3) is 0 Å². The van der Waals surface area contributed by atoms with E-state index in [0.29, 0.717) is 27.9 Å². The molecular weight excluding hydrogens is 424 g/mol. The first-order valence-corrected chi connectivity index (χ1v) is 9.52. The van der Waals surface area contributed by atoms with Crippen LogP contribution >= 0.6 is 15.9 Å². The van der Waals surface area contributed by atoms with Crippen LogP contribution < -0.4 is 10.1 Å². The average molecular weight is 445 g/mol. The largest absolute Gasteiger partial charge is 0.503 e. The minimum Gasteiger partial charge on any atom is -0.503 e. The summed E-state index contributed by atoms with van der Waals surface area (Å²) in [6.07, 6.45) is 0. The molecule has 0 saturated carbocycles. The molecule has 6 nitrogen and oxygen atoms in total. The quantitative estimate of drug-likeness (QED) is 0.720. The van der Waals surface area contributed by atoms with E-state index in [1.165, 1.54) is 14.0 Å². The second kappa shape index (κ2) is 8.06. The minimum atomic E-state index is -0.636. The highest BCUT2D eigenvalue weighted by Gasteiger charge is 2.34. The molecule has 1 aliphatic heterocycles. The minimum absolute atomic E-state index is 0.0378. The molecule has 0 radical (unpaired) electrons. The number of phenols is 1. The normalized spacial score (nSPS) is 16.8. The first-order valence-electron chi connectivity index (χ1n) is 8.73. The number of benzene rings is 2. The lowest BCUT2D eigenvalue weighted by Crippen LogP contribution is -2.47. The zero-order valence-electron chi connectivity index (χ0n) is 15.8. The maximum Gasteiger partial charge on any atom is 0.322 e. The molecule has 0 spiro atoms. The van der Waals surface area contributed by atoms with Crippen molar-refractivity contribution in [2.45, 2.75) is 26.4 Å². The van der Waals surface area contributed by atoms with Gasteiger partial charge in [-0.25, -0.2) is 4.79 Å². The highest BCUT2D eigenvalue weighted by Crippen LogP contribution is 2.40. The Labute approximate surface area is 171 Å². The first kappa shape index (κ1) is 19.9. The molecule has 0 fully saturated rings. The zero-order chi connectivity index (χ0) is 20.4. The number of hydrogen-bond acceptors (Lipinski definition) is 4. The van der Waals surface area contributed by atoms with Crippen molar-refractivity contribution in [3.63, 3.8) is 0 Å². The second-order valence-corrected chi connectivity index (χ2v) is 7.42. The average Bonchev–Trinajstić information content (AvgIpc) is 2.67. The monoisotopic (exact) mass is 444 g/mol. The van der Waals surface area contributed by atoms with Gasteiger partial charge < -0.3 is 15.2 Å². The van der Waals surface area contributed by atoms with Crippen LogP contribution in [-0.4, -0.2) is 28.9 Å². The molecule has 1 heterocycles. The van der Waals surface area contributed by atoms with Crippen molar-refractivity contribution in [3.05, 3.63) is 69.3 Å². The van der Waals surface area contributed by atoms with Crippen LogP contribution in [0.1, 0.15) is 31.0 Å². The van der Waals surface area contributed by atoms with Crippen molar-refractivity contribution < 1.29 is 19.4 Å². The van der Waals surface area contributed by atoms with Crippen LogP contribution in [0, 0.1) is 0 Å². The number of aromatic hydroxyl groups is 1. The lowest BCUT2D eigenvalue weighted by atomic mass is 9.92. The number of allylic oxidation sites excluding steroid dienone is 1. The number of amides is 2. The maximum absolute atomic E-state index is 12.8. The summed E-state index contributed by atoms with van der Waals surface area (Å²) in [7, 11) is 1.44. The Balaban J connectivity index is 2.06. The Bertz CT molecular complexity index is 956. The number of carbonyl (C=O) groups is 2. The van der Waals surface area contributed by atoms with E-state index in [2.05, 4.69) is 21.2 Å². The molecule has 2 N–H and O–H groups in total.